The summed E-state index contributed by atoms with van der Waals surface area (Å²) in [6.45, 7) is 7.55. The van der Waals surface area contributed by atoms with Gasteiger partial charge in [-0.05, 0) is 30.5 Å². The normalized spacial score (nSPS) is 18.9. The van der Waals surface area contributed by atoms with Crippen LogP contribution in [0.3, 0.4) is 0 Å². The Hall–Kier alpha value is -2.86. The third-order valence-corrected chi connectivity index (χ3v) is 6.88. The molecule has 2 aliphatic rings. The highest BCUT2D eigenvalue weighted by molar-refractivity contribution is 5.89. The molecule has 2 fully saturated rings. The molecular formula is C26H33N3O3. The van der Waals surface area contributed by atoms with Crippen LogP contribution in [0.5, 0.6) is 5.75 Å². The predicted molar refractivity (Wildman–Crippen MR) is 125 cm³/mol. The molecule has 2 heterocycles. The zero-order valence-corrected chi connectivity index (χ0v) is 18.9. The largest absolute Gasteiger partial charge is 0.492 e. The van der Waals surface area contributed by atoms with Gasteiger partial charge in [-0.2, -0.15) is 0 Å². The number of hydrogen-bond donors (Lipinski definition) is 0. The topological polar surface area (TPSA) is 53.1 Å². The number of rotatable bonds is 6. The number of hydrogen-bond acceptors (Lipinski definition) is 4. The monoisotopic (exact) mass is 435 g/mol. The van der Waals surface area contributed by atoms with Gasteiger partial charge in [-0.3, -0.25) is 14.5 Å². The molecule has 0 spiro atoms. The Labute approximate surface area is 190 Å². The summed E-state index contributed by atoms with van der Waals surface area (Å²) in [5.74, 6) is 1.19. The first-order chi connectivity index (χ1) is 15.6. The second-order valence-corrected chi connectivity index (χ2v) is 8.75. The molecule has 6 nitrogen and oxygen atoms in total. The number of piperidine rings is 1. The smallest absolute Gasteiger partial charge is 0.233 e. The lowest BCUT2D eigenvalue weighted by Crippen LogP contribution is -2.58. The summed E-state index contributed by atoms with van der Waals surface area (Å²) in [6, 6.07) is 20.0. The summed E-state index contributed by atoms with van der Waals surface area (Å²) in [7, 11) is 0. The number of piperazine rings is 1. The van der Waals surface area contributed by atoms with E-state index in [0.29, 0.717) is 32.5 Å². The van der Waals surface area contributed by atoms with Crippen LogP contribution in [0.2, 0.25) is 0 Å². The molecule has 0 N–H and O–H groups in total. The molecule has 0 atom stereocenters. The lowest BCUT2D eigenvalue weighted by molar-refractivity contribution is -0.144. The molecule has 2 aromatic rings. The van der Waals surface area contributed by atoms with Gasteiger partial charge in [0.2, 0.25) is 11.8 Å². The minimum Gasteiger partial charge on any atom is -0.492 e. The Kier molecular flexibility index (Phi) is 7.10. The van der Waals surface area contributed by atoms with E-state index in [0.717, 1.165) is 44.0 Å². The number of likely N-dealkylation sites (tertiary alicyclic amines) is 1. The highest BCUT2D eigenvalue weighted by Gasteiger charge is 2.45. The zero-order chi connectivity index (χ0) is 22.4. The summed E-state index contributed by atoms with van der Waals surface area (Å²) < 4.78 is 5.83. The van der Waals surface area contributed by atoms with E-state index in [1.54, 1.807) is 6.92 Å². The number of amides is 2. The van der Waals surface area contributed by atoms with Crippen molar-refractivity contribution in [2.24, 2.45) is 0 Å². The first kappa shape index (κ1) is 22.3. The molecule has 6 heteroatoms. The van der Waals surface area contributed by atoms with Gasteiger partial charge in [0.1, 0.15) is 12.4 Å². The summed E-state index contributed by atoms with van der Waals surface area (Å²) >= 11 is 0. The van der Waals surface area contributed by atoms with Crippen molar-refractivity contribution in [1.82, 2.24) is 14.7 Å². The minimum atomic E-state index is -0.536. The van der Waals surface area contributed by atoms with Crippen LogP contribution >= 0.6 is 0 Å². The lowest BCUT2D eigenvalue weighted by Gasteiger charge is -2.45. The Balaban J connectivity index is 1.36. The molecule has 0 aliphatic carbocycles. The molecule has 2 aromatic carbocycles. The van der Waals surface area contributed by atoms with Crippen molar-refractivity contribution >= 4 is 11.8 Å². The van der Waals surface area contributed by atoms with E-state index >= 15 is 0 Å². The van der Waals surface area contributed by atoms with E-state index in [9.17, 15) is 9.59 Å². The summed E-state index contributed by atoms with van der Waals surface area (Å²) in [5, 5.41) is 0. The minimum absolute atomic E-state index is 0.0884. The first-order valence-corrected chi connectivity index (χ1v) is 11.6. The fraction of sp³-hybridized carbons (Fsp3) is 0.462. The van der Waals surface area contributed by atoms with Crippen LogP contribution in [-0.2, 0) is 15.0 Å². The average molecular weight is 436 g/mol. The van der Waals surface area contributed by atoms with Crippen molar-refractivity contribution in [3.63, 3.8) is 0 Å². The molecule has 2 amide bonds. The van der Waals surface area contributed by atoms with Crippen molar-refractivity contribution in [3.05, 3.63) is 66.2 Å². The van der Waals surface area contributed by atoms with Crippen molar-refractivity contribution in [2.45, 2.75) is 25.2 Å². The van der Waals surface area contributed by atoms with E-state index in [1.165, 1.54) is 0 Å². The van der Waals surface area contributed by atoms with Crippen LogP contribution in [-0.4, -0.2) is 78.9 Å². The van der Waals surface area contributed by atoms with Crippen LogP contribution < -0.4 is 4.74 Å². The molecular weight excluding hydrogens is 402 g/mol. The zero-order valence-electron chi connectivity index (χ0n) is 18.9. The van der Waals surface area contributed by atoms with E-state index in [2.05, 4.69) is 17.0 Å². The SMILES string of the molecule is CC(=O)N1CCC(C(=O)N2CCN(CCOc3ccccc3)CC2)(c2ccccc2)CC1. The first-order valence-electron chi connectivity index (χ1n) is 11.6. The van der Waals surface area contributed by atoms with Gasteiger partial charge in [-0.25, -0.2) is 0 Å². The second-order valence-electron chi connectivity index (χ2n) is 8.75. The summed E-state index contributed by atoms with van der Waals surface area (Å²) in [4.78, 5) is 31.9. The van der Waals surface area contributed by atoms with Gasteiger partial charge in [-0.1, -0.05) is 48.5 Å². The number of carbonyl (C=O) groups excluding carboxylic acids is 2. The standard InChI is InChI=1S/C26H33N3O3/c1-22(30)28-14-12-26(13-15-28,23-8-4-2-5-9-23)25(31)29-18-16-27(17-19-29)20-21-32-24-10-6-3-7-11-24/h2-11H,12-21H2,1H3. The second kappa shape index (κ2) is 10.2. The highest BCUT2D eigenvalue weighted by atomic mass is 16.5. The molecule has 170 valence electrons. The van der Waals surface area contributed by atoms with Crippen LogP contribution in [0.4, 0.5) is 0 Å². The predicted octanol–water partition coefficient (Wildman–Crippen LogP) is 2.79. The summed E-state index contributed by atoms with van der Waals surface area (Å²) in [5.41, 5.74) is 0.540. The number of benzene rings is 2. The lowest BCUT2D eigenvalue weighted by atomic mass is 9.71. The maximum Gasteiger partial charge on any atom is 0.233 e. The fourth-order valence-corrected chi connectivity index (χ4v) is 4.87. The molecule has 0 unspecified atom stereocenters. The van der Waals surface area contributed by atoms with E-state index in [4.69, 9.17) is 4.74 Å². The Bertz CT molecular complexity index is 887. The number of carbonyl (C=O) groups is 2. The number of nitrogens with zero attached hydrogens (tertiary/aromatic N) is 3. The van der Waals surface area contributed by atoms with Gasteiger partial charge in [0.25, 0.3) is 0 Å². The highest BCUT2D eigenvalue weighted by Crippen LogP contribution is 2.37. The molecule has 0 aromatic heterocycles. The van der Waals surface area contributed by atoms with Crippen molar-refractivity contribution in [3.8, 4) is 5.75 Å². The fourth-order valence-electron chi connectivity index (χ4n) is 4.87. The van der Waals surface area contributed by atoms with Crippen molar-refractivity contribution < 1.29 is 14.3 Å². The van der Waals surface area contributed by atoms with Crippen molar-refractivity contribution in [2.75, 3.05) is 52.4 Å². The van der Waals surface area contributed by atoms with Gasteiger partial charge in [0, 0.05) is 52.7 Å². The van der Waals surface area contributed by atoms with Crippen molar-refractivity contribution in [1.29, 1.82) is 0 Å². The average Bonchev–Trinajstić information content (AvgIpc) is 2.85. The number of para-hydroxylation sites is 1. The van der Waals surface area contributed by atoms with Crippen LogP contribution in [0.25, 0.3) is 0 Å². The molecule has 4 rings (SSSR count). The molecule has 2 saturated heterocycles. The van der Waals surface area contributed by atoms with Gasteiger partial charge < -0.3 is 14.5 Å². The van der Waals surface area contributed by atoms with Gasteiger partial charge >= 0.3 is 0 Å². The quantitative estimate of drug-likeness (QED) is 0.700. The molecule has 2 aliphatic heterocycles. The maximum atomic E-state index is 13.8. The van der Waals surface area contributed by atoms with Crippen LogP contribution in [0, 0.1) is 0 Å². The van der Waals surface area contributed by atoms with Gasteiger partial charge in [-0.15, -0.1) is 0 Å². The van der Waals surface area contributed by atoms with Crippen LogP contribution in [0.1, 0.15) is 25.3 Å². The Morgan fingerprint density at radius 3 is 2.00 bits per heavy atom. The Morgan fingerprint density at radius 1 is 0.812 bits per heavy atom. The van der Waals surface area contributed by atoms with Gasteiger partial charge in [0.15, 0.2) is 0 Å². The third-order valence-electron chi connectivity index (χ3n) is 6.88. The third kappa shape index (κ3) is 4.96. The molecule has 32 heavy (non-hydrogen) atoms. The molecule has 0 saturated carbocycles. The molecule has 0 radical (unpaired) electrons. The van der Waals surface area contributed by atoms with E-state index in [-0.39, 0.29) is 11.8 Å². The van der Waals surface area contributed by atoms with E-state index in [1.807, 2.05) is 58.3 Å². The maximum absolute atomic E-state index is 13.8. The molecule has 0 bridgehead atoms. The summed E-state index contributed by atoms with van der Waals surface area (Å²) in [6.07, 6.45) is 1.36. The van der Waals surface area contributed by atoms with Gasteiger partial charge in [0.05, 0.1) is 5.41 Å². The number of ether oxygens (including phenoxy) is 1. The van der Waals surface area contributed by atoms with E-state index < -0.39 is 5.41 Å². The van der Waals surface area contributed by atoms with Crippen LogP contribution in [0.15, 0.2) is 60.7 Å². The Morgan fingerprint density at radius 2 is 1.41 bits per heavy atom.